The second-order valence-electron chi connectivity index (χ2n) is 3.38. The number of rotatable bonds is 3. The lowest BCUT2D eigenvalue weighted by Crippen LogP contribution is -2.30. The molecule has 0 aliphatic carbocycles. The minimum absolute atomic E-state index is 0.0873. The van der Waals surface area contributed by atoms with Crippen molar-refractivity contribution in [3.05, 3.63) is 17.7 Å². The number of hydrogen-bond acceptors (Lipinski definition) is 2. The van der Waals surface area contributed by atoms with Gasteiger partial charge in [0.05, 0.1) is 5.69 Å². The van der Waals surface area contributed by atoms with Gasteiger partial charge in [0.25, 0.3) is 0 Å². The van der Waals surface area contributed by atoms with Crippen molar-refractivity contribution in [2.45, 2.75) is 27.3 Å². The lowest BCUT2D eigenvalue weighted by atomic mass is 10.4. The van der Waals surface area contributed by atoms with E-state index in [9.17, 15) is 4.79 Å². The second-order valence-corrected chi connectivity index (χ2v) is 3.38. The summed E-state index contributed by atoms with van der Waals surface area (Å²) in [6.45, 7) is 6.87. The first-order valence-electron chi connectivity index (χ1n) is 4.71. The number of carbonyl (C=O) groups excluding carboxylic acids is 1. The van der Waals surface area contributed by atoms with E-state index in [2.05, 4.69) is 11.3 Å². The van der Waals surface area contributed by atoms with Crippen LogP contribution >= 0.6 is 0 Å². The van der Waals surface area contributed by atoms with Gasteiger partial charge in [-0.15, -0.1) is 0 Å². The molecule has 0 N–H and O–H groups in total. The molecule has 1 aromatic heterocycles. The fourth-order valence-electron chi connectivity index (χ4n) is 1.07. The molecule has 1 rings (SSSR count). The Morgan fingerprint density at radius 3 is 2.64 bits per heavy atom. The van der Waals surface area contributed by atoms with E-state index in [4.69, 9.17) is 0 Å². The van der Waals surface area contributed by atoms with E-state index in [0.717, 1.165) is 17.9 Å². The van der Waals surface area contributed by atoms with Crippen molar-refractivity contribution in [2.75, 3.05) is 13.6 Å². The van der Waals surface area contributed by atoms with Gasteiger partial charge in [-0.2, -0.15) is 0 Å². The first-order valence-corrected chi connectivity index (χ1v) is 4.71. The van der Waals surface area contributed by atoms with E-state index in [-0.39, 0.29) is 5.91 Å². The van der Waals surface area contributed by atoms with Crippen LogP contribution in [0.25, 0.3) is 0 Å². The van der Waals surface area contributed by atoms with Gasteiger partial charge in [-0.05, 0) is 20.8 Å². The van der Waals surface area contributed by atoms with Crippen molar-refractivity contribution in [1.29, 1.82) is 0 Å². The van der Waals surface area contributed by atoms with Crippen LogP contribution < -0.4 is 0 Å². The molecule has 0 unspecified atom stereocenters. The van der Waals surface area contributed by atoms with Crippen LogP contribution in [-0.4, -0.2) is 34.0 Å². The van der Waals surface area contributed by atoms with Crippen LogP contribution in [0.1, 0.15) is 18.3 Å². The minimum Gasteiger partial charge on any atom is -0.344 e. The van der Waals surface area contributed by atoms with E-state index < -0.39 is 0 Å². The quantitative estimate of drug-likeness (QED) is 0.713. The molecule has 77 valence electrons. The van der Waals surface area contributed by atoms with Crippen molar-refractivity contribution in [1.82, 2.24) is 14.5 Å². The second kappa shape index (κ2) is 4.26. The van der Waals surface area contributed by atoms with Crippen LogP contribution in [0.3, 0.4) is 0 Å². The molecule has 1 aromatic rings. The fraction of sp³-hybridized carbons (Fsp3) is 0.600. The van der Waals surface area contributed by atoms with E-state index in [1.807, 2.05) is 20.8 Å². The largest absolute Gasteiger partial charge is 0.344 e. The highest BCUT2D eigenvalue weighted by molar-refractivity contribution is 5.75. The highest BCUT2D eigenvalue weighted by Gasteiger charge is 2.10. The Kier molecular flexibility index (Phi) is 3.28. The number of carbonyl (C=O) groups is 1. The number of imidazole rings is 1. The molecule has 0 aliphatic heterocycles. The molecule has 1 amide bonds. The fourth-order valence-corrected chi connectivity index (χ4v) is 1.07. The molecule has 0 spiro atoms. The minimum atomic E-state index is 0.0873. The van der Waals surface area contributed by atoms with E-state index in [0.29, 0.717) is 6.54 Å². The molecule has 0 saturated heterocycles. The summed E-state index contributed by atoms with van der Waals surface area (Å²) < 4.78 is 1.75. The highest BCUT2D eigenvalue weighted by Crippen LogP contribution is 2.03. The van der Waals surface area contributed by atoms with Gasteiger partial charge in [0.15, 0.2) is 6.33 Å². The summed E-state index contributed by atoms with van der Waals surface area (Å²) in [4.78, 5) is 17.3. The highest BCUT2D eigenvalue weighted by atomic mass is 16.2. The molecular formula is C10H16N3O. The molecular weight excluding hydrogens is 178 g/mol. The van der Waals surface area contributed by atoms with Crippen LogP contribution in [0, 0.1) is 20.2 Å². The van der Waals surface area contributed by atoms with Crippen LogP contribution in [0.4, 0.5) is 0 Å². The van der Waals surface area contributed by atoms with Gasteiger partial charge in [0.1, 0.15) is 6.54 Å². The van der Waals surface area contributed by atoms with Crippen LogP contribution in [-0.2, 0) is 11.3 Å². The maximum atomic E-state index is 11.6. The average molecular weight is 194 g/mol. The Bertz CT molecular complexity index is 330. The number of amides is 1. The van der Waals surface area contributed by atoms with Gasteiger partial charge in [0.2, 0.25) is 5.91 Å². The molecule has 0 aliphatic rings. The van der Waals surface area contributed by atoms with Crippen molar-refractivity contribution < 1.29 is 4.79 Å². The molecule has 4 heteroatoms. The molecule has 0 atom stereocenters. The summed E-state index contributed by atoms with van der Waals surface area (Å²) in [5.41, 5.74) is 1.93. The lowest BCUT2D eigenvalue weighted by Gasteiger charge is -2.14. The van der Waals surface area contributed by atoms with Gasteiger partial charge < -0.3 is 9.47 Å². The van der Waals surface area contributed by atoms with Crippen LogP contribution in [0.2, 0.25) is 0 Å². The first-order chi connectivity index (χ1) is 6.56. The molecule has 14 heavy (non-hydrogen) atoms. The Morgan fingerprint density at radius 1 is 1.57 bits per heavy atom. The van der Waals surface area contributed by atoms with Gasteiger partial charge in [-0.3, -0.25) is 4.79 Å². The average Bonchev–Trinajstić information content (AvgIpc) is 2.48. The summed E-state index contributed by atoms with van der Waals surface area (Å²) in [5, 5.41) is 0. The number of hydrogen-bond donors (Lipinski definition) is 0. The van der Waals surface area contributed by atoms with Gasteiger partial charge >= 0.3 is 0 Å². The number of likely N-dealkylation sites (N-methyl/N-ethyl adjacent to an activating group) is 1. The monoisotopic (exact) mass is 194 g/mol. The Morgan fingerprint density at radius 2 is 2.21 bits per heavy atom. The zero-order chi connectivity index (χ0) is 10.7. The van der Waals surface area contributed by atoms with E-state index in [1.54, 1.807) is 16.5 Å². The van der Waals surface area contributed by atoms with Gasteiger partial charge in [-0.1, -0.05) is 0 Å². The molecule has 1 heterocycles. The molecule has 0 bridgehead atoms. The third-order valence-electron chi connectivity index (χ3n) is 2.46. The van der Waals surface area contributed by atoms with Gasteiger partial charge in [-0.25, -0.2) is 4.98 Å². The normalized spacial score (nSPS) is 10.3. The zero-order valence-electron chi connectivity index (χ0n) is 9.16. The maximum Gasteiger partial charge on any atom is 0.242 e. The third-order valence-corrected chi connectivity index (χ3v) is 2.46. The van der Waals surface area contributed by atoms with Gasteiger partial charge in [0, 0.05) is 19.3 Å². The standard InChI is InChI=1S/C10H16N3O/c1-5-12(4)10(14)6-13-7-11-8(2)9(13)3/h5-6H2,1-4H3. The number of nitrogens with zero attached hydrogens (tertiary/aromatic N) is 3. The first kappa shape index (κ1) is 10.8. The molecule has 0 saturated carbocycles. The summed E-state index contributed by atoms with van der Waals surface area (Å²) in [5.74, 6) is 0.0873. The summed E-state index contributed by atoms with van der Waals surface area (Å²) in [7, 11) is 1.79. The van der Waals surface area contributed by atoms with E-state index >= 15 is 0 Å². The van der Waals surface area contributed by atoms with Crippen molar-refractivity contribution in [3.8, 4) is 0 Å². The predicted molar refractivity (Wildman–Crippen MR) is 53.8 cm³/mol. The van der Waals surface area contributed by atoms with Crippen molar-refractivity contribution in [3.63, 3.8) is 0 Å². The molecule has 1 radical (unpaired) electrons. The number of aryl methyl sites for hydroxylation is 1. The molecule has 4 nitrogen and oxygen atoms in total. The van der Waals surface area contributed by atoms with Crippen molar-refractivity contribution in [2.24, 2.45) is 0 Å². The Hall–Kier alpha value is -1.32. The summed E-state index contributed by atoms with van der Waals surface area (Å²) in [6.07, 6.45) is 2.80. The lowest BCUT2D eigenvalue weighted by molar-refractivity contribution is -0.130. The van der Waals surface area contributed by atoms with Crippen LogP contribution in [0.15, 0.2) is 0 Å². The topological polar surface area (TPSA) is 38.1 Å². The summed E-state index contributed by atoms with van der Waals surface area (Å²) >= 11 is 0. The Labute approximate surface area is 84.5 Å². The number of aromatic nitrogens is 2. The molecule has 0 fully saturated rings. The van der Waals surface area contributed by atoms with E-state index in [1.165, 1.54) is 0 Å². The summed E-state index contributed by atoms with van der Waals surface area (Å²) in [6, 6.07) is 0. The predicted octanol–water partition coefficient (Wildman–Crippen LogP) is 0.778. The molecule has 0 aromatic carbocycles. The Balaban J connectivity index is 2.70. The van der Waals surface area contributed by atoms with Crippen molar-refractivity contribution >= 4 is 5.91 Å². The zero-order valence-corrected chi connectivity index (χ0v) is 9.16. The SMILES string of the molecule is CCN(C)C(=O)Cn1[c]nc(C)c1C. The van der Waals surface area contributed by atoms with Crippen LogP contribution in [0.5, 0.6) is 0 Å². The smallest absolute Gasteiger partial charge is 0.242 e. The maximum absolute atomic E-state index is 11.6. The third kappa shape index (κ3) is 2.13.